The standard InChI is InChI=1S/C34H50N3O10P/c1-11-44-28(38)25(34(42,48-43)26(21(2)3)36-29(39)45-20-23-15-13-12-14-16-23)18-24-17-22(4)27(35-19-24)37(30(40)46-32(5,6)7)31(41)47-33(8,9)10/h12-17,19,21,25-26,42H,11,18,20,48H2,1-10H3,(H,36,39). The Bertz CT molecular complexity index is 1410. The second kappa shape index (κ2) is 16.9. The summed E-state index contributed by atoms with van der Waals surface area (Å²) in [5.41, 5.74) is -0.391. The Morgan fingerprint density at radius 3 is 1.96 bits per heavy atom. The van der Waals surface area contributed by atoms with Crippen LogP contribution in [-0.4, -0.2) is 63.5 Å². The summed E-state index contributed by atoms with van der Waals surface area (Å²) in [6, 6.07) is 9.38. The van der Waals surface area contributed by atoms with E-state index in [1.807, 2.05) is 6.07 Å². The summed E-state index contributed by atoms with van der Waals surface area (Å²) in [6.45, 7) is 16.4. The molecule has 2 rings (SSSR count). The van der Waals surface area contributed by atoms with Gasteiger partial charge in [-0.15, -0.1) is 0 Å². The SMILES string of the molecule is CCOC(=O)C(Cc1cnc(N(C(=O)OC(C)(C)C)C(=O)OC(C)(C)C)c(C)c1)C(O)([PH2]=O)C(NC(=O)OCc1ccccc1)C(C)C. The van der Waals surface area contributed by atoms with Crippen LogP contribution in [0.1, 0.15) is 79.0 Å². The van der Waals surface area contributed by atoms with E-state index in [4.69, 9.17) is 18.9 Å². The number of aryl methyl sites for hydroxylation is 1. The van der Waals surface area contributed by atoms with Crippen molar-refractivity contribution in [2.24, 2.45) is 11.8 Å². The number of nitrogens with one attached hydrogen (secondary N) is 1. The molecule has 48 heavy (non-hydrogen) atoms. The van der Waals surface area contributed by atoms with Gasteiger partial charge in [-0.25, -0.2) is 19.4 Å². The van der Waals surface area contributed by atoms with Gasteiger partial charge >= 0.3 is 24.2 Å². The maximum absolute atomic E-state index is 13.4. The van der Waals surface area contributed by atoms with Gasteiger partial charge in [0.1, 0.15) is 23.2 Å². The molecule has 0 saturated carbocycles. The molecule has 4 unspecified atom stereocenters. The van der Waals surface area contributed by atoms with Crippen LogP contribution in [0.3, 0.4) is 0 Å². The fourth-order valence-corrected chi connectivity index (χ4v) is 5.86. The van der Waals surface area contributed by atoms with Crippen LogP contribution in [0.25, 0.3) is 0 Å². The molecule has 0 radical (unpaired) electrons. The molecule has 14 heteroatoms. The molecule has 13 nitrogen and oxygen atoms in total. The molecule has 1 aromatic heterocycles. The first-order chi connectivity index (χ1) is 22.2. The first-order valence-electron chi connectivity index (χ1n) is 15.8. The zero-order valence-electron chi connectivity index (χ0n) is 29.5. The third-order valence-electron chi connectivity index (χ3n) is 6.88. The molecule has 1 heterocycles. The number of pyridine rings is 1. The summed E-state index contributed by atoms with van der Waals surface area (Å²) in [5.74, 6) is -2.80. The molecule has 0 saturated heterocycles. The Labute approximate surface area is 283 Å². The Balaban J connectivity index is 2.49. The number of rotatable bonds is 12. The van der Waals surface area contributed by atoms with Crippen molar-refractivity contribution in [2.45, 2.75) is 105 Å². The monoisotopic (exact) mass is 691 g/mol. The second-order valence-electron chi connectivity index (χ2n) is 13.7. The lowest BCUT2D eigenvalue weighted by molar-refractivity contribution is -0.155. The summed E-state index contributed by atoms with van der Waals surface area (Å²) in [6.07, 6.45) is -1.75. The number of alkyl carbamates (subject to hydrolysis) is 1. The molecule has 0 aliphatic heterocycles. The Hall–Kier alpha value is -3.96. The van der Waals surface area contributed by atoms with Crippen molar-refractivity contribution in [3.63, 3.8) is 0 Å². The number of hydrogen-bond acceptors (Lipinski definition) is 11. The smallest absolute Gasteiger partial charge is 0.425 e. The number of nitrogens with zero attached hydrogens (tertiary/aromatic N) is 2. The van der Waals surface area contributed by atoms with Gasteiger partial charge in [-0.05, 0) is 84.4 Å². The maximum Gasteiger partial charge on any atom is 0.425 e. The van der Waals surface area contributed by atoms with E-state index in [0.717, 1.165) is 5.56 Å². The van der Waals surface area contributed by atoms with Crippen LogP contribution in [-0.2, 0) is 41.3 Å². The summed E-state index contributed by atoms with van der Waals surface area (Å²) in [7, 11) is -2.08. The van der Waals surface area contributed by atoms with E-state index in [9.17, 15) is 28.8 Å². The molecule has 2 N–H and O–H groups in total. The molecular weight excluding hydrogens is 641 g/mol. The largest absolute Gasteiger partial charge is 0.466 e. The topological polar surface area (TPSA) is 171 Å². The Morgan fingerprint density at radius 2 is 1.50 bits per heavy atom. The summed E-state index contributed by atoms with van der Waals surface area (Å²) in [5, 5.41) is 12.4. The van der Waals surface area contributed by atoms with E-state index in [0.29, 0.717) is 16.0 Å². The minimum Gasteiger partial charge on any atom is -0.466 e. The van der Waals surface area contributed by atoms with Crippen molar-refractivity contribution >= 4 is 38.5 Å². The number of carbonyl (C=O) groups excluding carboxylic acids is 4. The quantitative estimate of drug-likeness (QED) is 0.148. The number of amides is 3. The number of aromatic nitrogens is 1. The molecule has 0 fully saturated rings. The summed E-state index contributed by atoms with van der Waals surface area (Å²) >= 11 is 0. The minimum atomic E-state index is -2.24. The van der Waals surface area contributed by atoms with E-state index in [2.05, 4.69) is 10.3 Å². The Morgan fingerprint density at radius 1 is 0.938 bits per heavy atom. The molecule has 266 valence electrons. The van der Waals surface area contributed by atoms with Gasteiger partial charge in [-0.1, -0.05) is 50.2 Å². The first-order valence-corrected chi connectivity index (χ1v) is 16.8. The lowest BCUT2D eigenvalue weighted by atomic mass is 9.84. The molecule has 2 aromatic rings. The van der Waals surface area contributed by atoms with Gasteiger partial charge in [0.2, 0.25) is 0 Å². The highest BCUT2D eigenvalue weighted by atomic mass is 31.1. The fraction of sp³-hybridized carbons (Fsp3) is 0.559. The zero-order valence-corrected chi connectivity index (χ0v) is 30.6. The highest BCUT2D eigenvalue weighted by Crippen LogP contribution is 2.39. The van der Waals surface area contributed by atoms with Crippen molar-refractivity contribution in [3.05, 3.63) is 59.3 Å². The Kier molecular flexibility index (Phi) is 14.2. The highest BCUT2D eigenvalue weighted by molar-refractivity contribution is 7.25. The third kappa shape index (κ3) is 11.6. The van der Waals surface area contributed by atoms with Gasteiger partial charge in [0, 0.05) is 6.20 Å². The van der Waals surface area contributed by atoms with E-state index < -0.39 is 67.1 Å². The molecule has 0 aliphatic carbocycles. The van der Waals surface area contributed by atoms with Crippen LogP contribution in [0.15, 0.2) is 42.6 Å². The molecular formula is C34H50N3O10P. The molecule has 1 aromatic carbocycles. The van der Waals surface area contributed by atoms with Gasteiger partial charge in [-0.2, -0.15) is 4.90 Å². The normalized spacial score (nSPS) is 14.5. The second-order valence-corrected chi connectivity index (χ2v) is 14.9. The lowest BCUT2D eigenvalue weighted by Crippen LogP contribution is -2.58. The molecule has 0 bridgehead atoms. The van der Waals surface area contributed by atoms with Gasteiger partial charge in [0.25, 0.3) is 0 Å². The van der Waals surface area contributed by atoms with Crippen molar-refractivity contribution < 1.29 is 47.8 Å². The van der Waals surface area contributed by atoms with Crippen LogP contribution in [0.4, 0.5) is 20.2 Å². The van der Waals surface area contributed by atoms with Crippen molar-refractivity contribution in [1.82, 2.24) is 10.3 Å². The van der Waals surface area contributed by atoms with Crippen LogP contribution >= 0.6 is 8.46 Å². The highest BCUT2D eigenvalue weighted by Gasteiger charge is 2.50. The first kappa shape index (κ1) is 40.2. The van der Waals surface area contributed by atoms with Crippen molar-refractivity contribution in [1.29, 1.82) is 0 Å². The minimum absolute atomic E-state index is 0.0184. The number of ether oxygens (including phenoxy) is 4. The van der Waals surface area contributed by atoms with Crippen molar-refractivity contribution in [3.8, 4) is 0 Å². The van der Waals surface area contributed by atoms with Crippen LogP contribution in [0.5, 0.6) is 0 Å². The number of imide groups is 1. The average Bonchev–Trinajstić information content (AvgIpc) is 2.97. The lowest BCUT2D eigenvalue weighted by Gasteiger charge is -2.39. The summed E-state index contributed by atoms with van der Waals surface area (Å²) < 4.78 is 34.4. The predicted octanol–water partition coefficient (Wildman–Crippen LogP) is 6.18. The maximum atomic E-state index is 13.4. The number of anilines is 1. The van der Waals surface area contributed by atoms with E-state index >= 15 is 0 Å². The predicted molar refractivity (Wildman–Crippen MR) is 181 cm³/mol. The number of carbonyl (C=O) groups is 4. The molecule has 3 amide bonds. The molecule has 0 aliphatic rings. The van der Waals surface area contributed by atoms with Gasteiger partial charge in [-0.3, -0.25) is 4.79 Å². The third-order valence-corrected chi connectivity index (χ3v) is 8.02. The van der Waals surface area contributed by atoms with E-state index in [1.54, 1.807) is 99.6 Å². The fourth-order valence-electron chi connectivity index (χ4n) is 4.83. The number of esters is 1. The molecule has 4 atom stereocenters. The average molecular weight is 692 g/mol. The van der Waals surface area contributed by atoms with E-state index in [-0.39, 0.29) is 25.5 Å². The van der Waals surface area contributed by atoms with Crippen LogP contribution in [0, 0.1) is 18.8 Å². The number of benzene rings is 1. The van der Waals surface area contributed by atoms with Crippen LogP contribution < -0.4 is 10.2 Å². The van der Waals surface area contributed by atoms with Crippen molar-refractivity contribution in [2.75, 3.05) is 11.5 Å². The number of aliphatic hydroxyl groups is 1. The summed E-state index contributed by atoms with van der Waals surface area (Å²) in [4.78, 5) is 57.6. The van der Waals surface area contributed by atoms with Crippen LogP contribution in [0.2, 0.25) is 0 Å². The zero-order chi connectivity index (χ0) is 36.4. The molecule has 0 spiro atoms. The number of hydrogen-bond donors (Lipinski definition) is 2. The van der Waals surface area contributed by atoms with Gasteiger partial charge < -0.3 is 33.9 Å². The van der Waals surface area contributed by atoms with E-state index in [1.165, 1.54) is 6.20 Å². The van der Waals surface area contributed by atoms with Gasteiger partial charge in [0.05, 0.1) is 27.0 Å². The van der Waals surface area contributed by atoms with Gasteiger partial charge in [0.15, 0.2) is 5.82 Å².